The number of nitrogens with one attached hydrogen (secondary N) is 1. The molecular formula is C20H14N2O4. The maximum absolute atomic E-state index is 12.3. The molecule has 2 aromatic carbocycles. The lowest BCUT2D eigenvalue weighted by Gasteiger charge is -2.03. The van der Waals surface area contributed by atoms with Crippen LogP contribution in [0.2, 0.25) is 0 Å². The number of benzene rings is 2. The van der Waals surface area contributed by atoms with E-state index in [4.69, 9.17) is 8.94 Å². The molecule has 0 aliphatic carbocycles. The van der Waals surface area contributed by atoms with Crippen LogP contribution in [-0.2, 0) is 6.54 Å². The Kier molecular flexibility index (Phi) is 4.07. The highest BCUT2D eigenvalue weighted by molar-refractivity contribution is 5.96. The maximum Gasteiger partial charge on any atom is 0.349 e. The molecule has 0 radical (unpaired) electrons. The number of amides is 1. The topological polar surface area (TPSA) is 85.3 Å². The van der Waals surface area contributed by atoms with Crippen LogP contribution in [0.1, 0.15) is 16.1 Å². The van der Waals surface area contributed by atoms with Gasteiger partial charge in [-0.25, -0.2) is 4.79 Å². The molecule has 0 unspecified atom stereocenters. The average molecular weight is 346 g/mol. The summed E-state index contributed by atoms with van der Waals surface area (Å²) >= 11 is 0. The first-order valence-corrected chi connectivity index (χ1v) is 8.03. The van der Waals surface area contributed by atoms with Gasteiger partial charge in [-0.15, -0.1) is 0 Å². The average Bonchev–Trinajstić information content (AvgIpc) is 3.15. The summed E-state index contributed by atoms with van der Waals surface area (Å²) in [4.78, 5) is 24.3. The van der Waals surface area contributed by atoms with Gasteiger partial charge in [0.05, 0.1) is 6.54 Å². The largest absolute Gasteiger partial charge is 0.422 e. The van der Waals surface area contributed by atoms with Gasteiger partial charge < -0.3 is 14.3 Å². The molecule has 0 fully saturated rings. The molecule has 6 nitrogen and oxygen atoms in total. The fraction of sp³-hybridized carbons (Fsp3) is 0.0500. The van der Waals surface area contributed by atoms with E-state index < -0.39 is 11.5 Å². The Morgan fingerprint density at radius 3 is 2.62 bits per heavy atom. The summed E-state index contributed by atoms with van der Waals surface area (Å²) in [7, 11) is 0. The van der Waals surface area contributed by atoms with Crippen molar-refractivity contribution in [2.24, 2.45) is 0 Å². The number of carbonyl (C=O) groups excluding carboxylic acids is 1. The fourth-order valence-electron chi connectivity index (χ4n) is 2.62. The van der Waals surface area contributed by atoms with Crippen molar-refractivity contribution < 1.29 is 13.7 Å². The van der Waals surface area contributed by atoms with E-state index in [-0.39, 0.29) is 12.1 Å². The number of aromatic nitrogens is 1. The summed E-state index contributed by atoms with van der Waals surface area (Å²) < 4.78 is 10.4. The Morgan fingerprint density at radius 2 is 1.77 bits per heavy atom. The Balaban J connectivity index is 1.50. The molecule has 0 aliphatic heterocycles. The van der Waals surface area contributed by atoms with Crippen LogP contribution in [0.3, 0.4) is 0 Å². The van der Waals surface area contributed by atoms with Crippen LogP contribution >= 0.6 is 0 Å². The molecule has 4 rings (SSSR count). The van der Waals surface area contributed by atoms with Crippen LogP contribution in [0.25, 0.3) is 22.2 Å². The third kappa shape index (κ3) is 3.12. The van der Waals surface area contributed by atoms with Gasteiger partial charge in [0.15, 0.2) is 5.76 Å². The standard InChI is InChI=1S/C20H14N2O4/c23-19(16-10-14-8-4-5-9-18(14)25-20(16)24)21-12-15-11-17(22-26-15)13-6-2-1-3-7-13/h1-11H,12H2,(H,21,23). The van der Waals surface area contributed by atoms with Crippen LogP contribution in [0.4, 0.5) is 0 Å². The zero-order valence-corrected chi connectivity index (χ0v) is 13.6. The molecular weight excluding hydrogens is 332 g/mol. The second kappa shape index (κ2) is 6.68. The van der Waals surface area contributed by atoms with E-state index in [2.05, 4.69) is 10.5 Å². The van der Waals surface area contributed by atoms with Crippen molar-refractivity contribution in [1.29, 1.82) is 0 Å². The van der Waals surface area contributed by atoms with Gasteiger partial charge >= 0.3 is 5.63 Å². The first-order chi connectivity index (χ1) is 12.7. The molecule has 6 heteroatoms. The lowest BCUT2D eigenvalue weighted by molar-refractivity contribution is 0.0943. The van der Waals surface area contributed by atoms with Crippen molar-refractivity contribution in [3.8, 4) is 11.3 Å². The van der Waals surface area contributed by atoms with Crippen LogP contribution in [0.15, 0.2) is 80.5 Å². The molecule has 1 N–H and O–H groups in total. The van der Waals surface area contributed by atoms with E-state index in [9.17, 15) is 9.59 Å². The Labute approximate surface area is 148 Å². The zero-order chi connectivity index (χ0) is 17.9. The van der Waals surface area contributed by atoms with Gasteiger partial charge in [0.2, 0.25) is 0 Å². The summed E-state index contributed by atoms with van der Waals surface area (Å²) in [5.41, 5.74) is 1.32. The number of fused-ring (bicyclic) bond motifs is 1. The van der Waals surface area contributed by atoms with Gasteiger partial charge in [-0.2, -0.15) is 0 Å². The zero-order valence-electron chi connectivity index (χ0n) is 13.6. The number of carbonyl (C=O) groups is 1. The molecule has 0 saturated heterocycles. The quantitative estimate of drug-likeness (QED) is 0.573. The number of nitrogens with zero attached hydrogens (tertiary/aromatic N) is 1. The van der Waals surface area contributed by atoms with Gasteiger partial charge in [-0.1, -0.05) is 53.7 Å². The van der Waals surface area contributed by atoms with E-state index in [0.29, 0.717) is 22.4 Å². The van der Waals surface area contributed by atoms with Gasteiger partial charge in [-0.3, -0.25) is 4.79 Å². The highest BCUT2D eigenvalue weighted by Gasteiger charge is 2.14. The van der Waals surface area contributed by atoms with Crippen molar-refractivity contribution >= 4 is 16.9 Å². The second-order valence-corrected chi connectivity index (χ2v) is 5.71. The summed E-state index contributed by atoms with van der Waals surface area (Å²) in [5.74, 6) is -0.0375. The third-order valence-electron chi connectivity index (χ3n) is 3.94. The van der Waals surface area contributed by atoms with Gasteiger partial charge in [0, 0.05) is 17.0 Å². The molecule has 0 aliphatic rings. The summed E-state index contributed by atoms with van der Waals surface area (Å²) in [6, 6.07) is 19.9. The molecule has 26 heavy (non-hydrogen) atoms. The lowest BCUT2D eigenvalue weighted by atomic mass is 10.1. The van der Waals surface area contributed by atoms with Crippen LogP contribution in [0.5, 0.6) is 0 Å². The van der Waals surface area contributed by atoms with Crippen molar-refractivity contribution in [1.82, 2.24) is 10.5 Å². The first kappa shape index (κ1) is 15.8. The molecule has 4 aromatic rings. The first-order valence-electron chi connectivity index (χ1n) is 8.03. The Bertz CT molecular complexity index is 1130. The minimum absolute atomic E-state index is 0.0495. The van der Waals surface area contributed by atoms with E-state index >= 15 is 0 Å². The molecule has 2 heterocycles. The molecule has 0 atom stereocenters. The highest BCUT2D eigenvalue weighted by atomic mass is 16.5. The van der Waals surface area contributed by atoms with E-state index in [1.807, 2.05) is 36.4 Å². The Hall–Kier alpha value is -3.67. The van der Waals surface area contributed by atoms with Crippen molar-refractivity contribution in [2.45, 2.75) is 6.54 Å². The minimum Gasteiger partial charge on any atom is -0.422 e. The highest BCUT2D eigenvalue weighted by Crippen LogP contribution is 2.18. The number of hydrogen-bond acceptors (Lipinski definition) is 5. The number of rotatable bonds is 4. The van der Waals surface area contributed by atoms with Crippen molar-refractivity contribution in [3.05, 3.63) is 88.5 Å². The van der Waals surface area contributed by atoms with E-state index in [0.717, 1.165) is 5.56 Å². The minimum atomic E-state index is -0.677. The molecule has 128 valence electrons. The molecule has 2 aromatic heterocycles. The summed E-state index contributed by atoms with van der Waals surface area (Å²) in [6.45, 7) is 0.116. The third-order valence-corrected chi connectivity index (χ3v) is 3.94. The molecule has 0 spiro atoms. The molecule has 0 bridgehead atoms. The predicted octanol–water partition coefficient (Wildman–Crippen LogP) is 3.38. The van der Waals surface area contributed by atoms with Gasteiger partial charge in [0.1, 0.15) is 16.8 Å². The monoisotopic (exact) mass is 346 g/mol. The van der Waals surface area contributed by atoms with E-state index in [1.165, 1.54) is 6.07 Å². The van der Waals surface area contributed by atoms with Crippen LogP contribution in [0, 0.1) is 0 Å². The normalized spacial score (nSPS) is 10.8. The summed E-state index contributed by atoms with van der Waals surface area (Å²) in [5, 5.41) is 7.33. The number of hydrogen-bond donors (Lipinski definition) is 1. The number of para-hydroxylation sites is 1. The maximum atomic E-state index is 12.3. The van der Waals surface area contributed by atoms with Gasteiger partial charge in [0.25, 0.3) is 5.91 Å². The van der Waals surface area contributed by atoms with E-state index in [1.54, 1.807) is 24.3 Å². The summed E-state index contributed by atoms with van der Waals surface area (Å²) in [6.07, 6.45) is 0. The lowest BCUT2D eigenvalue weighted by Crippen LogP contribution is -2.27. The van der Waals surface area contributed by atoms with Crippen molar-refractivity contribution in [2.75, 3.05) is 0 Å². The fourth-order valence-corrected chi connectivity index (χ4v) is 2.62. The second-order valence-electron chi connectivity index (χ2n) is 5.71. The van der Waals surface area contributed by atoms with Crippen LogP contribution < -0.4 is 10.9 Å². The SMILES string of the molecule is O=C(NCc1cc(-c2ccccc2)no1)c1cc2ccccc2oc1=O. The smallest absolute Gasteiger partial charge is 0.349 e. The molecule has 1 amide bonds. The Morgan fingerprint density at radius 1 is 1.00 bits per heavy atom. The predicted molar refractivity (Wildman–Crippen MR) is 95.6 cm³/mol. The van der Waals surface area contributed by atoms with Gasteiger partial charge in [-0.05, 0) is 12.1 Å². The van der Waals surface area contributed by atoms with Crippen molar-refractivity contribution in [3.63, 3.8) is 0 Å². The van der Waals surface area contributed by atoms with Crippen LogP contribution in [-0.4, -0.2) is 11.1 Å². The molecule has 0 saturated carbocycles.